The van der Waals surface area contributed by atoms with E-state index in [1.165, 1.54) is 6.07 Å². The summed E-state index contributed by atoms with van der Waals surface area (Å²) in [4.78, 5) is 12.9. The predicted molar refractivity (Wildman–Crippen MR) is 63.0 cm³/mol. The van der Waals surface area contributed by atoms with E-state index in [1.807, 2.05) is 0 Å². The average molecular weight is 238 g/mol. The molecule has 0 saturated carbocycles. The molecule has 1 saturated heterocycles. The Bertz CT molecular complexity index is 383. The molecule has 0 aromatic carbocycles. The zero-order chi connectivity index (χ0) is 12.3. The van der Waals surface area contributed by atoms with Gasteiger partial charge in [0.2, 0.25) is 5.76 Å². The first-order valence-electron chi connectivity index (χ1n) is 5.90. The summed E-state index contributed by atoms with van der Waals surface area (Å²) in [5, 5.41) is 12.1. The molecule has 0 atom stereocenters. The highest BCUT2D eigenvalue weighted by molar-refractivity contribution is 5.84. The van der Waals surface area contributed by atoms with E-state index in [0.717, 1.165) is 25.9 Å². The van der Waals surface area contributed by atoms with Crippen LogP contribution in [0.2, 0.25) is 0 Å². The topological polar surface area (TPSA) is 65.7 Å². The van der Waals surface area contributed by atoms with Crippen molar-refractivity contribution in [3.05, 3.63) is 23.7 Å². The second-order valence-electron chi connectivity index (χ2n) is 4.47. The first-order valence-corrected chi connectivity index (χ1v) is 5.90. The predicted octanol–water partition coefficient (Wildman–Crippen LogP) is 1.16. The number of carboxylic acid groups (broad SMARTS) is 1. The summed E-state index contributed by atoms with van der Waals surface area (Å²) in [6.07, 6.45) is 2.26. The molecule has 0 amide bonds. The Morgan fingerprint density at radius 2 is 2.24 bits per heavy atom. The van der Waals surface area contributed by atoms with E-state index in [1.54, 1.807) is 6.07 Å². The number of piperidine rings is 1. The number of aromatic carboxylic acids is 1. The molecule has 5 nitrogen and oxygen atoms in total. The zero-order valence-electron chi connectivity index (χ0n) is 9.98. The lowest BCUT2D eigenvalue weighted by molar-refractivity contribution is 0.0657. The number of carboxylic acids is 1. The SMILES string of the molecule is CN(Cc1ccc(C(=O)O)o1)C1CCNCC1. The lowest BCUT2D eigenvalue weighted by Gasteiger charge is -2.30. The minimum absolute atomic E-state index is 0.0127. The van der Waals surface area contributed by atoms with Crippen molar-refractivity contribution in [1.82, 2.24) is 10.2 Å². The molecule has 17 heavy (non-hydrogen) atoms. The van der Waals surface area contributed by atoms with E-state index in [-0.39, 0.29) is 5.76 Å². The van der Waals surface area contributed by atoms with Crippen LogP contribution in [0.1, 0.15) is 29.2 Å². The maximum Gasteiger partial charge on any atom is 0.371 e. The minimum Gasteiger partial charge on any atom is -0.475 e. The molecule has 2 N–H and O–H groups in total. The Labute approximate surface area is 100 Å². The lowest BCUT2D eigenvalue weighted by atomic mass is 10.1. The third kappa shape index (κ3) is 3.08. The van der Waals surface area contributed by atoms with E-state index >= 15 is 0 Å². The fourth-order valence-electron chi connectivity index (χ4n) is 2.20. The summed E-state index contributed by atoms with van der Waals surface area (Å²) in [5.74, 6) is -0.289. The zero-order valence-corrected chi connectivity index (χ0v) is 9.98. The highest BCUT2D eigenvalue weighted by Gasteiger charge is 2.19. The van der Waals surface area contributed by atoms with E-state index < -0.39 is 5.97 Å². The van der Waals surface area contributed by atoms with Crippen LogP contribution in [-0.4, -0.2) is 42.2 Å². The quantitative estimate of drug-likeness (QED) is 0.824. The highest BCUT2D eigenvalue weighted by atomic mass is 16.4. The third-order valence-electron chi connectivity index (χ3n) is 3.21. The van der Waals surface area contributed by atoms with Crippen molar-refractivity contribution >= 4 is 5.97 Å². The number of hydrogen-bond donors (Lipinski definition) is 2. The van der Waals surface area contributed by atoms with Crippen molar-refractivity contribution in [3.63, 3.8) is 0 Å². The normalized spacial score (nSPS) is 17.5. The molecule has 1 aliphatic rings. The van der Waals surface area contributed by atoms with Gasteiger partial charge in [0.15, 0.2) is 0 Å². The Morgan fingerprint density at radius 1 is 1.53 bits per heavy atom. The van der Waals surface area contributed by atoms with E-state index in [4.69, 9.17) is 9.52 Å². The van der Waals surface area contributed by atoms with Gasteiger partial charge in [-0.1, -0.05) is 0 Å². The van der Waals surface area contributed by atoms with E-state index in [2.05, 4.69) is 17.3 Å². The molecule has 0 unspecified atom stereocenters. The molecule has 1 aromatic rings. The van der Waals surface area contributed by atoms with Gasteiger partial charge in [-0.25, -0.2) is 4.79 Å². The molecule has 0 radical (unpaired) electrons. The van der Waals surface area contributed by atoms with Crippen LogP contribution in [0.3, 0.4) is 0 Å². The molecule has 1 aliphatic heterocycles. The number of rotatable bonds is 4. The van der Waals surface area contributed by atoms with Crippen molar-refractivity contribution in [2.45, 2.75) is 25.4 Å². The van der Waals surface area contributed by atoms with Gasteiger partial charge in [0.05, 0.1) is 6.54 Å². The molecule has 5 heteroatoms. The highest BCUT2D eigenvalue weighted by Crippen LogP contribution is 2.15. The molecular formula is C12H18N2O3. The van der Waals surface area contributed by atoms with Gasteiger partial charge in [-0.15, -0.1) is 0 Å². The summed E-state index contributed by atoms with van der Waals surface area (Å²) < 4.78 is 5.25. The fraction of sp³-hybridized carbons (Fsp3) is 0.583. The van der Waals surface area contributed by atoms with Crippen molar-refractivity contribution < 1.29 is 14.3 Å². The monoisotopic (exact) mass is 238 g/mol. The largest absolute Gasteiger partial charge is 0.475 e. The maximum atomic E-state index is 10.7. The molecule has 2 rings (SSSR count). The van der Waals surface area contributed by atoms with E-state index in [9.17, 15) is 4.79 Å². The van der Waals surface area contributed by atoms with Crippen LogP contribution in [0.5, 0.6) is 0 Å². The van der Waals surface area contributed by atoms with Crippen molar-refractivity contribution in [1.29, 1.82) is 0 Å². The van der Waals surface area contributed by atoms with Crippen molar-refractivity contribution in [2.24, 2.45) is 0 Å². The maximum absolute atomic E-state index is 10.7. The van der Waals surface area contributed by atoms with Crippen LogP contribution in [0.15, 0.2) is 16.5 Å². The molecule has 1 fully saturated rings. The standard InChI is InChI=1S/C12H18N2O3/c1-14(9-4-6-13-7-5-9)8-10-2-3-11(17-10)12(15)16/h2-3,9,13H,4-8H2,1H3,(H,15,16). The lowest BCUT2D eigenvalue weighted by Crippen LogP contribution is -2.40. The van der Waals surface area contributed by atoms with Crippen molar-refractivity contribution in [2.75, 3.05) is 20.1 Å². The number of nitrogens with zero attached hydrogens (tertiary/aromatic N) is 1. The first kappa shape index (κ1) is 12.1. The van der Waals surface area contributed by atoms with Gasteiger partial charge in [-0.2, -0.15) is 0 Å². The molecule has 94 valence electrons. The summed E-state index contributed by atoms with van der Waals surface area (Å²) in [6, 6.07) is 3.80. The molecular weight excluding hydrogens is 220 g/mol. The van der Waals surface area contributed by atoms with Gasteiger partial charge in [0, 0.05) is 6.04 Å². The van der Waals surface area contributed by atoms with Crippen LogP contribution in [0.25, 0.3) is 0 Å². The summed E-state index contributed by atoms with van der Waals surface area (Å²) in [6.45, 7) is 2.76. The van der Waals surface area contributed by atoms with Gasteiger partial charge in [0.1, 0.15) is 5.76 Å². The summed E-state index contributed by atoms with van der Waals surface area (Å²) in [5.41, 5.74) is 0. The van der Waals surface area contributed by atoms with Gasteiger partial charge in [0.25, 0.3) is 0 Å². The number of hydrogen-bond acceptors (Lipinski definition) is 4. The summed E-state index contributed by atoms with van der Waals surface area (Å²) >= 11 is 0. The Balaban J connectivity index is 1.92. The van der Waals surface area contributed by atoms with Crippen LogP contribution < -0.4 is 5.32 Å². The van der Waals surface area contributed by atoms with Gasteiger partial charge in [-0.05, 0) is 45.1 Å². The second kappa shape index (κ2) is 5.33. The molecule has 0 bridgehead atoms. The summed E-state index contributed by atoms with van der Waals surface area (Å²) in [7, 11) is 2.05. The Morgan fingerprint density at radius 3 is 2.82 bits per heavy atom. The van der Waals surface area contributed by atoms with Crippen LogP contribution in [0.4, 0.5) is 0 Å². The molecule has 0 spiro atoms. The number of carbonyl (C=O) groups is 1. The average Bonchev–Trinajstić information content (AvgIpc) is 2.79. The number of furan rings is 1. The van der Waals surface area contributed by atoms with E-state index in [0.29, 0.717) is 18.3 Å². The van der Waals surface area contributed by atoms with Gasteiger partial charge >= 0.3 is 5.97 Å². The molecule has 1 aromatic heterocycles. The Hall–Kier alpha value is -1.33. The van der Waals surface area contributed by atoms with Crippen LogP contribution in [0, 0.1) is 0 Å². The molecule has 2 heterocycles. The Kier molecular flexibility index (Phi) is 3.81. The van der Waals surface area contributed by atoms with Crippen LogP contribution in [-0.2, 0) is 6.54 Å². The first-order chi connectivity index (χ1) is 8.16. The van der Waals surface area contributed by atoms with Crippen LogP contribution >= 0.6 is 0 Å². The van der Waals surface area contributed by atoms with Gasteiger partial charge < -0.3 is 14.8 Å². The number of nitrogens with one attached hydrogen (secondary N) is 1. The smallest absolute Gasteiger partial charge is 0.371 e. The van der Waals surface area contributed by atoms with Gasteiger partial charge in [-0.3, -0.25) is 4.90 Å². The second-order valence-corrected chi connectivity index (χ2v) is 4.47. The minimum atomic E-state index is -1.01. The third-order valence-corrected chi connectivity index (χ3v) is 3.21. The van der Waals surface area contributed by atoms with Crippen molar-refractivity contribution in [3.8, 4) is 0 Å². The molecule has 0 aliphatic carbocycles. The fourth-order valence-corrected chi connectivity index (χ4v) is 2.20.